The standard InChI is InChI=1S/C19H22FNO/c1-19(2,3)15-8-4-13(5-9-15)12-17(18(21)22)14-6-10-16(20)11-7-14/h4-11,17H,12H2,1-3H3,(H2,21,22). The first-order valence-electron chi connectivity index (χ1n) is 7.41. The zero-order chi connectivity index (χ0) is 16.3. The minimum Gasteiger partial charge on any atom is -0.369 e. The van der Waals surface area contributed by atoms with Crippen LogP contribution >= 0.6 is 0 Å². The lowest BCUT2D eigenvalue weighted by Gasteiger charge is -2.20. The second kappa shape index (κ2) is 6.30. The highest BCUT2D eigenvalue weighted by Crippen LogP contribution is 2.25. The molecule has 0 aliphatic heterocycles. The molecule has 0 aliphatic carbocycles. The van der Waals surface area contributed by atoms with Crippen LogP contribution in [-0.4, -0.2) is 5.91 Å². The first kappa shape index (κ1) is 16.2. The Morgan fingerprint density at radius 2 is 1.59 bits per heavy atom. The summed E-state index contributed by atoms with van der Waals surface area (Å²) in [5, 5.41) is 0. The largest absolute Gasteiger partial charge is 0.369 e. The summed E-state index contributed by atoms with van der Waals surface area (Å²) in [5.41, 5.74) is 8.65. The average molecular weight is 299 g/mol. The minimum atomic E-state index is -0.443. The molecule has 0 spiro atoms. The molecule has 2 N–H and O–H groups in total. The van der Waals surface area contributed by atoms with Crippen LogP contribution in [0, 0.1) is 5.82 Å². The third-order valence-electron chi connectivity index (χ3n) is 3.88. The van der Waals surface area contributed by atoms with Crippen LogP contribution in [0.15, 0.2) is 48.5 Å². The molecular weight excluding hydrogens is 277 g/mol. The lowest BCUT2D eigenvalue weighted by atomic mass is 9.85. The molecule has 2 aromatic carbocycles. The van der Waals surface area contributed by atoms with Gasteiger partial charge >= 0.3 is 0 Å². The first-order valence-corrected chi connectivity index (χ1v) is 7.41. The van der Waals surface area contributed by atoms with Gasteiger partial charge in [-0.05, 0) is 40.7 Å². The fourth-order valence-corrected chi connectivity index (χ4v) is 2.45. The summed E-state index contributed by atoms with van der Waals surface area (Å²) in [6.45, 7) is 6.48. The van der Waals surface area contributed by atoms with E-state index in [1.807, 2.05) is 12.1 Å². The Hall–Kier alpha value is -2.16. The number of primary amides is 1. The highest BCUT2D eigenvalue weighted by atomic mass is 19.1. The number of amides is 1. The maximum absolute atomic E-state index is 13.0. The van der Waals surface area contributed by atoms with Gasteiger partial charge in [-0.25, -0.2) is 4.39 Å². The second-order valence-corrected chi connectivity index (χ2v) is 6.66. The third-order valence-corrected chi connectivity index (χ3v) is 3.88. The fourth-order valence-electron chi connectivity index (χ4n) is 2.45. The van der Waals surface area contributed by atoms with E-state index in [-0.39, 0.29) is 11.2 Å². The summed E-state index contributed by atoms with van der Waals surface area (Å²) in [6, 6.07) is 14.2. The zero-order valence-electron chi connectivity index (χ0n) is 13.3. The Bertz CT molecular complexity index is 639. The molecule has 0 saturated heterocycles. The van der Waals surface area contributed by atoms with Crippen LogP contribution in [0.5, 0.6) is 0 Å². The minimum absolute atomic E-state index is 0.0958. The summed E-state index contributed by atoms with van der Waals surface area (Å²) in [6.07, 6.45) is 0.519. The van der Waals surface area contributed by atoms with Crippen molar-refractivity contribution in [2.24, 2.45) is 5.73 Å². The van der Waals surface area contributed by atoms with Gasteiger partial charge in [-0.15, -0.1) is 0 Å². The van der Waals surface area contributed by atoms with Crippen molar-refractivity contribution in [2.75, 3.05) is 0 Å². The predicted molar refractivity (Wildman–Crippen MR) is 87.2 cm³/mol. The second-order valence-electron chi connectivity index (χ2n) is 6.66. The van der Waals surface area contributed by atoms with Gasteiger partial charge in [0, 0.05) is 0 Å². The smallest absolute Gasteiger partial charge is 0.225 e. The number of carbonyl (C=O) groups is 1. The average Bonchev–Trinajstić information content (AvgIpc) is 2.45. The Kier molecular flexibility index (Phi) is 4.65. The van der Waals surface area contributed by atoms with Crippen molar-refractivity contribution < 1.29 is 9.18 Å². The number of hydrogen-bond donors (Lipinski definition) is 1. The maximum atomic E-state index is 13.0. The van der Waals surface area contributed by atoms with Crippen molar-refractivity contribution in [3.8, 4) is 0 Å². The van der Waals surface area contributed by atoms with Crippen molar-refractivity contribution in [1.82, 2.24) is 0 Å². The van der Waals surface area contributed by atoms with Crippen LogP contribution in [-0.2, 0) is 16.6 Å². The van der Waals surface area contributed by atoms with E-state index in [4.69, 9.17) is 5.73 Å². The van der Waals surface area contributed by atoms with Crippen LogP contribution in [0.2, 0.25) is 0 Å². The van der Waals surface area contributed by atoms with E-state index >= 15 is 0 Å². The molecule has 2 nitrogen and oxygen atoms in total. The van der Waals surface area contributed by atoms with E-state index in [9.17, 15) is 9.18 Å². The van der Waals surface area contributed by atoms with Gasteiger partial charge in [0.25, 0.3) is 0 Å². The number of nitrogens with two attached hydrogens (primary N) is 1. The zero-order valence-corrected chi connectivity index (χ0v) is 13.3. The van der Waals surface area contributed by atoms with Crippen LogP contribution in [0.4, 0.5) is 4.39 Å². The van der Waals surface area contributed by atoms with Crippen molar-refractivity contribution >= 4 is 5.91 Å². The van der Waals surface area contributed by atoms with Gasteiger partial charge < -0.3 is 5.73 Å². The molecule has 0 saturated carbocycles. The Morgan fingerprint density at radius 3 is 2.05 bits per heavy atom. The normalized spacial score (nSPS) is 12.9. The number of hydrogen-bond acceptors (Lipinski definition) is 1. The molecule has 0 heterocycles. The Morgan fingerprint density at radius 1 is 1.05 bits per heavy atom. The van der Waals surface area contributed by atoms with E-state index in [0.29, 0.717) is 6.42 Å². The molecular formula is C19H22FNO. The monoisotopic (exact) mass is 299 g/mol. The van der Waals surface area contributed by atoms with E-state index in [1.54, 1.807) is 12.1 Å². The number of benzene rings is 2. The van der Waals surface area contributed by atoms with Crippen LogP contribution in [0.3, 0.4) is 0 Å². The SMILES string of the molecule is CC(C)(C)c1ccc(CC(C(N)=O)c2ccc(F)cc2)cc1. The fraction of sp³-hybridized carbons (Fsp3) is 0.316. The lowest BCUT2D eigenvalue weighted by molar-refractivity contribution is -0.119. The molecule has 2 aromatic rings. The molecule has 1 amide bonds. The van der Waals surface area contributed by atoms with Gasteiger partial charge in [0.05, 0.1) is 5.92 Å². The summed E-state index contributed by atoms with van der Waals surface area (Å²) in [4.78, 5) is 11.7. The highest BCUT2D eigenvalue weighted by molar-refractivity contribution is 5.82. The molecule has 0 radical (unpaired) electrons. The lowest BCUT2D eigenvalue weighted by Crippen LogP contribution is -2.23. The molecule has 1 atom stereocenters. The molecule has 3 heteroatoms. The van der Waals surface area contributed by atoms with Crippen LogP contribution in [0.1, 0.15) is 43.4 Å². The molecule has 0 bridgehead atoms. The van der Waals surface area contributed by atoms with Gasteiger partial charge in [-0.2, -0.15) is 0 Å². The van der Waals surface area contributed by atoms with Crippen molar-refractivity contribution in [1.29, 1.82) is 0 Å². The molecule has 0 aromatic heterocycles. The van der Waals surface area contributed by atoms with E-state index < -0.39 is 11.8 Å². The number of rotatable bonds is 4. The summed E-state index contributed by atoms with van der Waals surface area (Å²) in [7, 11) is 0. The first-order chi connectivity index (χ1) is 10.3. The Balaban J connectivity index is 2.21. The van der Waals surface area contributed by atoms with Crippen LogP contribution in [0.25, 0.3) is 0 Å². The van der Waals surface area contributed by atoms with Gasteiger partial charge in [-0.1, -0.05) is 57.2 Å². The molecule has 2 rings (SSSR count). The molecule has 1 unspecified atom stereocenters. The van der Waals surface area contributed by atoms with Crippen molar-refractivity contribution in [3.63, 3.8) is 0 Å². The maximum Gasteiger partial charge on any atom is 0.225 e. The van der Waals surface area contributed by atoms with E-state index in [1.165, 1.54) is 17.7 Å². The van der Waals surface area contributed by atoms with E-state index in [0.717, 1.165) is 11.1 Å². The van der Waals surface area contributed by atoms with Gasteiger partial charge in [0.2, 0.25) is 5.91 Å². The number of halogens is 1. The molecule has 0 aliphatic rings. The van der Waals surface area contributed by atoms with E-state index in [2.05, 4.69) is 32.9 Å². The summed E-state index contributed by atoms with van der Waals surface area (Å²) >= 11 is 0. The van der Waals surface area contributed by atoms with Crippen LogP contribution < -0.4 is 5.73 Å². The third kappa shape index (κ3) is 3.94. The van der Waals surface area contributed by atoms with Crippen molar-refractivity contribution in [3.05, 3.63) is 71.0 Å². The van der Waals surface area contributed by atoms with Gasteiger partial charge in [0.15, 0.2) is 0 Å². The van der Waals surface area contributed by atoms with Gasteiger partial charge in [0.1, 0.15) is 5.82 Å². The topological polar surface area (TPSA) is 43.1 Å². The predicted octanol–water partition coefficient (Wildman–Crippen LogP) is 3.93. The summed E-state index contributed by atoms with van der Waals surface area (Å²) in [5.74, 6) is -1.16. The highest BCUT2D eigenvalue weighted by Gasteiger charge is 2.19. The quantitative estimate of drug-likeness (QED) is 0.913. The summed E-state index contributed by atoms with van der Waals surface area (Å²) < 4.78 is 13.0. The molecule has 116 valence electrons. The molecule has 0 fully saturated rings. The number of carbonyl (C=O) groups excluding carboxylic acids is 1. The van der Waals surface area contributed by atoms with Crippen molar-refractivity contribution in [2.45, 2.75) is 38.5 Å². The van der Waals surface area contributed by atoms with Gasteiger partial charge in [-0.3, -0.25) is 4.79 Å². The molecule has 22 heavy (non-hydrogen) atoms. The Labute approximate surface area is 131 Å².